The van der Waals surface area contributed by atoms with Gasteiger partial charge in [-0.15, -0.1) is 0 Å². The van der Waals surface area contributed by atoms with Gasteiger partial charge in [0.2, 0.25) is 5.89 Å². The standard InChI is InChI=1S/C34H30ClN7O3/c1-19-23(25-7-4-8-26(30(25)35)39-33(44)32-38-28-16-37-11-9-29(28)41(32)2)5-3-6-24(19)34-40-27-14-20(13-21(15-36)31(27)45-34)17-42-12-10-22(43)18-42/h3-8,13-14,16,22,43H,9-12,17-18H2,1-2H3,(H,39,44)/t22-/m1/s1. The van der Waals surface area contributed by atoms with Crippen molar-refractivity contribution in [2.24, 2.45) is 12.0 Å². The second kappa shape index (κ2) is 11.6. The molecule has 0 bridgehead atoms. The number of imidazole rings is 1. The number of hydrogen-bond donors (Lipinski definition) is 2. The Kier molecular flexibility index (Phi) is 7.45. The smallest absolute Gasteiger partial charge is 0.291 e. The second-order valence-electron chi connectivity index (χ2n) is 11.5. The predicted octanol–water partition coefficient (Wildman–Crippen LogP) is 5.52. The fraction of sp³-hybridized carbons (Fsp3) is 0.265. The molecule has 11 heteroatoms. The van der Waals surface area contributed by atoms with Gasteiger partial charge in [-0.05, 0) is 54.3 Å². The largest absolute Gasteiger partial charge is 0.435 e. The number of likely N-dealkylation sites (tertiary alicyclic amines) is 1. The predicted molar refractivity (Wildman–Crippen MR) is 173 cm³/mol. The van der Waals surface area contributed by atoms with Gasteiger partial charge in [-0.2, -0.15) is 5.26 Å². The monoisotopic (exact) mass is 619 g/mol. The lowest BCUT2D eigenvalue weighted by atomic mass is 9.96. The van der Waals surface area contributed by atoms with E-state index >= 15 is 0 Å². The lowest BCUT2D eigenvalue weighted by molar-refractivity contribution is 0.101. The molecule has 4 heterocycles. The normalized spacial score (nSPS) is 16.2. The lowest BCUT2D eigenvalue weighted by Crippen LogP contribution is -2.21. The first kappa shape index (κ1) is 28.9. The molecule has 7 rings (SSSR count). The molecule has 2 aliphatic heterocycles. The number of aliphatic hydroxyl groups excluding tert-OH is 1. The number of oxazole rings is 1. The zero-order valence-electron chi connectivity index (χ0n) is 24.8. The summed E-state index contributed by atoms with van der Waals surface area (Å²) >= 11 is 6.93. The van der Waals surface area contributed by atoms with Gasteiger partial charge < -0.3 is 19.4 Å². The molecule has 0 saturated carbocycles. The molecule has 0 radical (unpaired) electrons. The third-order valence-electron chi connectivity index (χ3n) is 8.56. The number of amides is 1. The first-order chi connectivity index (χ1) is 21.8. The molecule has 1 saturated heterocycles. The summed E-state index contributed by atoms with van der Waals surface area (Å²) in [5.74, 6) is 0.337. The topological polar surface area (TPSA) is 133 Å². The zero-order valence-corrected chi connectivity index (χ0v) is 25.6. The Morgan fingerprint density at radius 3 is 2.76 bits per heavy atom. The van der Waals surface area contributed by atoms with Gasteiger partial charge >= 0.3 is 0 Å². The molecular weight excluding hydrogens is 590 g/mol. The number of rotatable bonds is 6. The van der Waals surface area contributed by atoms with Crippen molar-refractivity contribution in [2.45, 2.75) is 32.4 Å². The number of aromatic nitrogens is 3. The van der Waals surface area contributed by atoms with Gasteiger partial charge in [-0.25, -0.2) is 9.97 Å². The highest BCUT2D eigenvalue weighted by Gasteiger charge is 2.24. The Bertz CT molecular complexity index is 2060. The molecule has 0 unspecified atom stereocenters. The van der Waals surface area contributed by atoms with E-state index < -0.39 is 0 Å². The number of benzene rings is 3. The molecule has 0 aliphatic carbocycles. The summed E-state index contributed by atoms with van der Waals surface area (Å²) in [6.07, 6.45) is 2.87. The van der Waals surface area contributed by atoms with Crippen LogP contribution in [-0.4, -0.2) is 62.4 Å². The van der Waals surface area contributed by atoms with Crippen molar-refractivity contribution in [3.63, 3.8) is 0 Å². The molecular formula is C34H30ClN7O3. The van der Waals surface area contributed by atoms with E-state index in [1.165, 1.54) is 0 Å². The van der Waals surface area contributed by atoms with Gasteiger partial charge in [0.25, 0.3) is 5.91 Å². The Morgan fingerprint density at radius 1 is 1.18 bits per heavy atom. The first-order valence-corrected chi connectivity index (χ1v) is 15.2. The second-order valence-corrected chi connectivity index (χ2v) is 11.9. The number of aliphatic hydroxyl groups is 1. The van der Waals surface area contributed by atoms with E-state index in [-0.39, 0.29) is 12.0 Å². The average Bonchev–Trinajstić information content (AvgIpc) is 3.75. The number of nitriles is 1. The summed E-state index contributed by atoms with van der Waals surface area (Å²) in [5, 5.41) is 23.1. The van der Waals surface area contributed by atoms with Crippen LogP contribution in [0.4, 0.5) is 5.69 Å². The maximum absolute atomic E-state index is 13.3. The van der Waals surface area contributed by atoms with Crippen molar-refractivity contribution in [2.75, 3.05) is 25.0 Å². The first-order valence-electron chi connectivity index (χ1n) is 14.8. The van der Waals surface area contributed by atoms with Crippen molar-refractivity contribution in [1.29, 1.82) is 5.26 Å². The number of fused-ring (bicyclic) bond motifs is 2. The number of carbonyl (C=O) groups excluding carboxylic acids is 1. The number of nitrogens with one attached hydrogen (secondary N) is 1. The van der Waals surface area contributed by atoms with Gasteiger partial charge in [-0.1, -0.05) is 35.9 Å². The minimum absolute atomic E-state index is 0.293. The van der Waals surface area contributed by atoms with Crippen LogP contribution in [0, 0.1) is 18.3 Å². The fourth-order valence-electron chi connectivity index (χ4n) is 6.25. The van der Waals surface area contributed by atoms with E-state index in [9.17, 15) is 15.2 Å². The molecule has 226 valence electrons. The van der Waals surface area contributed by atoms with E-state index in [4.69, 9.17) is 21.0 Å². The van der Waals surface area contributed by atoms with Crippen LogP contribution in [0.15, 0.2) is 57.9 Å². The molecule has 1 amide bonds. The van der Waals surface area contributed by atoms with Gasteiger partial charge in [0.1, 0.15) is 17.3 Å². The van der Waals surface area contributed by atoms with Crippen LogP contribution in [0.5, 0.6) is 0 Å². The molecule has 45 heavy (non-hydrogen) atoms. The highest BCUT2D eigenvalue weighted by atomic mass is 35.5. The van der Waals surface area contributed by atoms with E-state index in [0.29, 0.717) is 64.4 Å². The SMILES string of the molecule is Cc1c(-c2nc3cc(CN4CC[C@@H](O)C4)cc(C#N)c3o2)cccc1-c1cccc(NC(=O)c2nc3c(n2C)CCN=C3)c1Cl. The Morgan fingerprint density at radius 2 is 1.98 bits per heavy atom. The number of nitrogens with zero attached hydrogens (tertiary/aromatic N) is 6. The van der Waals surface area contributed by atoms with E-state index in [1.807, 2.05) is 56.4 Å². The number of β-amino-alcohol motifs (C(OH)–C–C–N with tert-alkyl or cyclic N) is 1. The highest BCUT2D eigenvalue weighted by molar-refractivity contribution is 6.36. The Hall–Kier alpha value is -4.82. The Labute approximate surface area is 264 Å². The summed E-state index contributed by atoms with van der Waals surface area (Å²) in [4.78, 5) is 29.0. The maximum Gasteiger partial charge on any atom is 0.291 e. The van der Waals surface area contributed by atoms with E-state index in [2.05, 4.69) is 26.3 Å². The van der Waals surface area contributed by atoms with Gasteiger partial charge in [0.15, 0.2) is 11.4 Å². The molecule has 2 N–H and O–H groups in total. The van der Waals surface area contributed by atoms with Crippen LogP contribution < -0.4 is 5.32 Å². The number of anilines is 1. The molecule has 2 aliphatic rings. The molecule has 5 aromatic rings. The molecule has 3 aromatic carbocycles. The quantitative estimate of drug-likeness (QED) is 0.256. The molecule has 10 nitrogen and oxygen atoms in total. The summed E-state index contributed by atoms with van der Waals surface area (Å²) in [6, 6.07) is 17.3. The van der Waals surface area contributed by atoms with Crippen LogP contribution in [0.3, 0.4) is 0 Å². The number of halogens is 1. The van der Waals surface area contributed by atoms with E-state index in [0.717, 1.165) is 52.9 Å². The number of hydrogen-bond acceptors (Lipinski definition) is 8. The number of carbonyl (C=O) groups is 1. The number of aliphatic imine (C=N–C) groups is 1. The van der Waals surface area contributed by atoms with Gasteiger partial charge in [-0.3, -0.25) is 14.7 Å². The maximum atomic E-state index is 13.3. The van der Waals surface area contributed by atoms with Crippen LogP contribution >= 0.6 is 11.6 Å². The van der Waals surface area contributed by atoms with Crippen molar-refractivity contribution in [3.8, 4) is 28.7 Å². The van der Waals surface area contributed by atoms with Gasteiger partial charge in [0, 0.05) is 62.7 Å². The molecule has 1 atom stereocenters. The van der Waals surface area contributed by atoms with Gasteiger partial charge in [0.05, 0.1) is 22.4 Å². The van der Waals surface area contributed by atoms with Crippen molar-refractivity contribution in [1.82, 2.24) is 19.4 Å². The van der Waals surface area contributed by atoms with Crippen molar-refractivity contribution < 1.29 is 14.3 Å². The lowest BCUT2D eigenvalue weighted by Gasteiger charge is -2.14. The van der Waals surface area contributed by atoms with Crippen LogP contribution in [0.1, 0.15) is 45.1 Å². The third kappa shape index (κ3) is 5.29. The molecule has 0 spiro atoms. The summed E-state index contributed by atoms with van der Waals surface area (Å²) in [6.45, 7) is 4.69. The van der Waals surface area contributed by atoms with Crippen LogP contribution in [0.25, 0.3) is 33.7 Å². The summed E-state index contributed by atoms with van der Waals surface area (Å²) in [7, 11) is 1.83. The van der Waals surface area contributed by atoms with Crippen LogP contribution in [0.2, 0.25) is 5.02 Å². The fourth-order valence-corrected chi connectivity index (χ4v) is 6.52. The highest BCUT2D eigenvalue weighted by Crippen LogP contribution is 2.39. The van der Waals surface area contributed by atoms with Crippen molar-refractivity contribution in [3.05, 3.63) is 87.5 Å². The van der Waals surface area contributed by atoms with Crippen molar-refractivity contribution >= 4 is 40.5 Å². The average molecular weight is 620 g/mol. The zero-order chi connectivity index (χ0) is 31.2. The van der Waals surface area contributed by atoms with Crippen LogP contribution in [-0.2, 0) is 20.0 Å². The van der Waals surface area contributed by atoms with E-state index in [1.54, 1.807) is 16.8 Å². The summed E-state index contributed by atoms with van der Waals surface area (Å²) < 4.78 is 8.00. The minimum atomic E-state index is -0.357. The summed E-state index contributed by atoms with van der Waals surface area (Å²) in [5.41, 5.74) is 7.81. The Balaban J connectivity index is 1.20. The minimum Gasteiger partial charge on any atom is -0.435 e. The third-order valence-corrected chi connectivity index (χ3v) is 8.97. The molecule has 1 fully saturated rings. The molecule has 2 aromatic heterocycles.